The van der Waals surface area contributed by atoms with Gasteiger partial charge in [-0.1, -0.05) is 15.9 Å². The zero-order valence-corrected chi connectivity index (χ0v) is 13.5. The third kappa shape index (κ3) is 3.33. The second kappa shape index (κ2) is 6.59. The molecule has 0 bridgehead atoms. The number of nitrogens with one attached hydrogen (secondary N) is 1. The monoisotopic (exact) mass is 340 g/mol. The third-order valence-corrected chi connectivity index (χ3v) is 4.63. The van der Waals surface area contributed by atoms with Gasteiger partial charge in [0.1, 0.15) is 5.75 Å². The van der Waals surface area contributed by atoms with Gasteiger partial charge >= 0.3 is 0 Å². The van der Waals surface area contributed by atoms with Gasteiger partial charge in [0.25, 0.3) is 0 Å². The molecular formula is C15H21BrN2O2. The first kappa shape index (κ1) is 15.3. The molecule has 1 saturated heterocycles. The molecule has 1 aromatic rings. The second-order valence-electron chi connectivity index (χ2n) is 5.30. The van der Waals surface area contributed by atoms with Crippen LogP contribution in [-0.2, 0) is 4.79 Å². The fraction of sp³-hybridized carbons (Fsp3) is 0.533. The number of rotatable bonds is 3. The number of phenolic OH excluding ortho intramolecular Hbond substituents is 1. The molecule has 0 radical (unpaired) electrons. The van der Waals surface area contributed by atoms with E-state index in [2.05, 4.69) is 33.1 Å². The molecule has 2 N–H and O–H groups in total. The number of aromatic hydroxyl groups is 1. The highest BCUT2D eigenvalue weighted by Gasteiger charge is 2.28. The van der Waals surface area contributed by atoms with E-state index in [1.807, 2.05) is 12.1 Å². The highest BCUT2D eigenvalue weighted by Crippen LogP contribution is 2.33. The van der Waals surface area contributed by atoms with E-state index in [4.69, 9.17) is 0 Å². The lowest BCUT2D eigenvalue weighted by atomic mass is 9.94. The number of piperidine rings is 1. The van der Waals surface area contributed by atoms with Crippen molar-refractivity contribution in [3.8, 4) is 5.75 Å². The Kier molecular flexibility index (Phi) is 5.05. The van der Waals surface area contributed by atoms with Crippen LogP contribution in [0.25, 0.3) is 0 Å². The van der Waals surface area contributed by atoms with Crippen molar-refractivity contribution in [2.45, 2.75) is 25.8 Å². The van der Waals surface area contributed by atoms with Crippen molar-refractivity contribution in [1.29, 1.82) is 0 Å². The van der Waals surface area contributed by atoms with E-state index in [0.717, 1.165) is 36.0 Å². The summed E-state index contributed by atoms with van der Waals surface area (Å²) in [5.74, 6) is 0.594. The van der Waals surface area contributed by atoms with Gasteiger partial charge in [0, 0.05) is 29.0 Å². The Balaban J connectivity index is 2.03. The number of nitrogens with zero attached hydrogens (tertiary/aromatic N) is 1. The molecule has 1 aliphatic rings. The van der Waals surface area contributed by atoms with E-state index in [1.165, 1.54) is 0 Å². The highest BCUT2D eigenvalue weighted by atomic mass is 79.9. The van der Waals surface area contributed by atoms with E-state index >= 15 is 0 Å². The summed E-state index contributed by atoms with van der Waals surface area (Å²) in [4.78, 5) is 14.0. The molecule has 0 aliphatic carbocycles. The van der Waals surface area contributed by atoms with Gasteiger partial charge in [-0.2, -0.15) is 0 Å². The van der Waals surface area contributed by atoms with Gasteiger partial charge in [0.15, 0.2) is 0 Å². The molecule has 1 aliphatic heterocycles. The molecule has 110 valence electrons. The maximum atomic E-state index is 11.6. The summed E-state index contributed by atoms with van der Waals surface area (Å²) < 4.78 is 0.970. The molecular weight excluding hydrogens is 320 g/mol. The zero-order valence-electron chi connectivity index (χ0n) is 11.9. The van der Waals surface area contributed by atoms with Gasteiger partial charge in [0.2, 0.25) is 5.91 Å². The van der Waals surface area contributed by atoms with Gasteiger partial charge in [-0.05, 0) is 51.1 Å². The lowest BCUT2D eigenvalue weighted by Gasteiger charge is -2.35. The van der Waals surface area contributed by atoms with E-state index in [0.29, 0.717) is 5.75 Å². The first-order valence-corrected chi connectivity index (χ1v) is 7.76. The summed E-state index contributed by atoms with van der Waals surface area (Å²) in [6.45, 7) is 3.86. The standard InChI is InChI=1S/C15H21BrN2O2/c1-10(13-9-12(16)3-4-14(13)19)18-7-5-11(6-8-18)15(20)17-2/h3-4,9-11,19H,5-8H2,1-2H3,(H,17,20). The van der Waals surface area contributed by atoms with Crippen LogP contribution in [0.1, 0.15) is 31.4 Å². The van der Waals surface area contributed by atoms with E-state index in [-0.39, 0.29) is 17.9 Å². The van der Waals surface area contributed by atoms with Crippen LogP contribution in [0.5, 0.6) is 5.75 Å². The molecule has 4 nitrogen and oxygen atoms in total. The Morgan fingerprint density at radius 1 is 1.45 bits per heavy atom. The summed E-state index contributed by atoms with van der Waals surface area (Å²) in [5.41, 5.74) is 0.928. The predicted molar refractivity (Wildman–Crippen MR) is 82.6 cm³/mol. The number of amides is 1. The van der Waals surface area contributed by atoms with Crippen molar-refractivity contribution >= 4 is 21.8 Å². The molecule has 0 spiro atoms. The summed E-state index contributed by atoms with van der Waals surface area (Å²) >= 11 is 3.44. The summed E-state index contributed by atoms with van der Waals surface area (Å²) in [7, 11) is 1.69. The number of likely N-dealkylation sites (tertiary alicyclic amines) is 1. The van der Waals surface area contributed by atoms with Gasteiger partial charge in [-0.25, -0.2) is 0 Å². The highest BCUT2D eigenvalue weighted by molar-refractivity contribution is 9.10. The molecule has 1 heterocycles. The normalized spacial score (nSPS) is 18.8. The molecule has 20 heavy (non-hydrogen) atoms. The number of phenols is 1. The van der Waals surface area contributed by atoms with Crippen LogP contribution in [0, 0.1) is 5.92 Å². The summed E-state index contributed by atoms with van der Waals surface area (Å²) in [5, 5.41) is 12.7. The maximum Gasteiger partial charge on any atom is 0.222 e. The van der Waals surface area contributed by atoms with Crippen LogP contribution in [0.4, 0.5) is 0 Å². The van der Waals surface area contributed by atoms with Crippen LogP contribution in [0.3, 0.4) is 0 Å². The molecule has 1 atom stereocenters. The maximum absolute atomic E-state index is 11.6. The summed E-state index contributed by atoms with van der Waals surface area (Å²) in [6.07, 6.45) is 1.75. The lowest BCUT2D eigenvalue weighted by molar-refractivity contribution is -0.126. The Bertz CT molecular complexity index is 485. The van der Waals surface area contributed by atoms with Crippen LogP contribution < -0.4 is 5.32 Å². The predicted octanol–water partition coefficient (Wildman–Crippen LogP) is 2.67. The van der Waals surface area contributed by atoms with Crippen LogP contribution in [0.15, 0.2) is 22.7 Å². The van der Waals surface area contributed by atoms with E-state index < -0.39 is 0 Å². The van der Waals surface area contributed by atoms with E-state index in [1.54, 1.807) is 13.1 Å². The first-order chi connectivity index (χ1) is 9.52. The van der Waals surface area contributed by atoms with Crippen molar-refractivity contribution < 1.29 is 9.90 Å². The molecule has 1 unspecified atom stereocenters. The van der Waals surface area contributed by atoms with E-state index in [9.17, 15) is 9.90 Å². The quantitative estimate of drug-likeness (QED) is 0.889. The fourth-order valence-electron chi connectivity index (χ4n) is 2.81. The van der Waals surface area contributed by atoms with Gasteiger partial charge in [-0.3, -0.25) is 9.69 Å². The lowest BCUT2D eigenvalue weighted by Crippen LogP contribution is -2.40. The Labute approximate surface area is 128 Å². The number of carbonyl (C=O) groups is 1. The largest absolute Gasteiger partial charge is 0.508 e. The van der Waals surface area contributed by atoms with Crippen LogP contribution >= 0.6 is 15.9 Å². The van der Waals surface area contributed by atoms with Crippen molar-refractivity contribution in [1.82, 2.24) is 10.2 Å². The van der Waals surface area contributed by atoms with Crippen molar-refractivity contribution in [2.24, 2.45) is 5.92 Å². The minimum absolute atomic E-state index is 0.125. The zero-order chi connectivity index (χ0) is 14.7. The number of carbonyl (C=O) groups excluding carboxylic acids is 1. The van der Waals surface area contributed by atoms with Crippen molar-refractivity contribution in [3.05, 3.63) is 28.2 Å². The molecule has 2 rings (SSSR count). The average molecular weight is 341 g/mol. The number of hydrogen-bond donors (Lipinski definition) is 2. The molecule has 1 aromatic carbocycles. The van der Waals surface area contributed by atoms with Crippen molar-refractivity contribution in [3.63, 3.8) is 0 Å². The smallest absolute Gasteiger partial charge is 0.222 e. The minimum Gasteiger partial charge on any atom is -0.508 e. The minimum atomic E-state index is 0.125. The molecule has 0 saturated carbocycles. The van der Waals surface area contributed by atoms with Crippen LogP contribution in [-0.4, -0.2) is 36.1 Å². The Morgan fingerprint density at radius 3 is 2.70 bits per heavy atom. The molecule has 1 amide bonds. The number of halogens is 1. The average Bonchev–Trinajstić information content (AvgIpc) is 2.48. The van der Waals surface area contributed by atoms with Crippen molar-refractivity contribution in [2.75, 3.05) is 20.1 Å². The molecule has 0 aromatic heterocycles. The summed E-state index contributed by atoms with van der Waals surface area (Å²) in [6, 6.07) is 5.67. The number of hydrogen-bond acceptors (Lipinski definition) is 3. The Morgan fingerprint density at radius 2 is 2.10 bits per heavy atom. The topological polar surface area (TPSA) is 52.6 Å². The SMILES string of the molecule is CNC(=O)C1CCN(C(C)c2cc(Br)ccc2O)CC1. The van der Waals surface area contributed by atoms with Gasteiger partial charge in [0.05, 0.1) is 0 Å². The second-order valence-corrected chi connectivity index (χ2v) is 6.22. The first-order valence-electron chi connectivity index (χ1n) is 6.97. The Hall–Kier alpha value is -1.07. The third-order valence-electron chi connectivity index (χ3n) is 4.13. The van der Waals surface area contributed by atoms with Gasteiger partial charge < -0.3 is 10.4 Å². The van der Waals surface area contributed by atoms with Crippen LogP contribution in [0.2, 0.25) is 0 Å². The molecule has 5 heteroatoms. The molecule has 1 fully saturated rings. The number of benzene rings is 1. The van der Waals surface area contributed by atoms with Gasteiger partial charge in [-0.15, -0.1) is 0 Å². The fourth-order valence-corrected chi connectivity index (χ4v) is 3.19.